The molecule has 1 aromatic rings. The van der Waals surface area contributed by atoms with E-state index in [9.17, 15) is 13.5 Å². The molecule has 7 heteroatoms. The predicted octanol–water partition coefficient (Wildman–Crippen LogP) is 1.84. The van der Waals surface area contributed by atoms with Crippen LogP contribution >= 0.6 is 22.9 Å². The number of halogens is 1. The lowest BCUT2D eigenvalue weighted by Gasteiger charge is -2.22. The molecule has 1 fully saturated rings. The van der Waals surface area contributed by atoms with Crippen molar-refractivity contribution >= 4 is 33.0 Å². The van der Waals surface area contributed by atoms with Gasteiger partial charge in [0.05, 0.1) is 9.94 Å². The Morgan fingerprint density at radius 3 is 2.71 bits per heavy atom. The average molecular weight is 296 g/mol. The predicted molar refractivity (Wildman–Crippen MR) is 67.9 cm³/mol. The van der Waals surface area contributed by atoms with Gasteiger partial charge in [-0.05, 0) is 37.8 Å². The van der Waals surface area contributed by atoms with Crippen molar-refractivity contribution in [3.05, 3.63) is 16.5 Å². The van der Waals surface area contributed by atoms with E-state index in [0.29, 0.717) is 4.34 Å². The van der Waals surface area contributed by atoms with Crippen LogP contribution in [-0.4, -0.2) is 25.7 Å². The SMILES string of the molecule is C[C@](O)(CNS(=O)(=O)c1ccc(Cl)s1)C1CC1. The average Bonchev–Trinajstić information content (AvgIpc) is 3.00. The Kier molecular flexibility index (Phi) is 3.53. The van der Waals surface area contributed by atoms with Gasteiger partial charge in [0.25, 0.3) is 0 Å². The Labute approximate surface area is 110 Å². The minimum atomic E-state index is -3.55. The molecule has 0 unspecified atom stereocenters. The monoisotopic (exact) mass is 295 g/mol. The summed E-state index contributed by atoms with van der Waals surface area (Å²) in [5.74, 6) is 0.206. The third kappa shape index (κ3) is 3.20. The second-order valence-electron chi connectivity index (χ2n) is 4.51. The molecule has 0 aromatic carbocycles. The summed E-state index contributed by atoms with van der Waals surface area (Å²) in [7, 11) is -3.55. The maximum atomic E-state index is 11.9. The van der Waals surface area contributed by atoms with Crippen LogP contribution in [0.15, 0.2) is 16.3 Å². The van der Waals surface area contributed by atoms with Crippen LogP contribution < -0.4 is 4.72 Å². The lowest BCUT2D eigenvalue weighted by molar-refractivity contribution is 0.0422. The minimum Gasteiger partial charge on any atom is -0.389 e. The van der Waals surface area contributed by atoms with Crippen LogP contribution in [0.2, 0.25) is 4.34 Å². The molecule has 0 amide bonds. The quantitative estimate of drug-likeness (QED) is 0.871. The van der Waals surface area contributed by atoms with E-state index in [1.807, 2.05) is 0 Å². The van der Waals surface area contributed by atoms with Gasteiger partial charge in [0.1, 0.15) is 4.21 Å². The number of sulfonamides is 1. The van der Waals surface area contributed by atoms with Gasteiger partial charge in [-0.25, -0.2) is 13.1 Å². The number of hydrogen-bond acceptors (Lipinski definition) is 4. The van der Waals surface area contributed by atoms with Crippen molar-refractivity contribution in [2.45, 2.75) is 29.6 Å². The van der Waals surface area contributed by atoms with Gasteiger partial charge in [-0.2, -0.15) is 0 Å². The topological polar surface area (TPSA) is 66.4 Å². The fraction of sp³-hybridized carbons (Fsp3) is 0.600. The van der Waals surface area contributed by atoms with Gasteiger partial charge in [0.2, 0.25) is 10.0 Å². The van der Waals surface area contributed by atoms with Crippen LogP contribution in [0.25, 0.3) is 0 Å². The highest BCUT2D eigenvalue weighted by Gasteiger charge is 2.40. The number of aliphatic hydroxyl groups is 1. The Bertz CT molecular complexity index is 505. The van der Waals surface area contributed by atoms with Crippen molar-refractivity contribution in [1.82, 2.24) is 4.72 Å². The highest BCUT2D eigenvalue weighted by Crippen LogP contribution is 2.39. The molecule has 17 heavy (non-hydrogen) atoms. The third-order valence-corrected chi connectivity index (χ3v) is 6.01. The first-order valence-corrected chi connectivity index (χ1v) is 7.96. The van der Waals surface area contributed by atoms with Crippen LogP contribution in [0.5, 0.6) is 0 Å². The summed E-state index contributed by atoms with van der Waals surface area (Å²) in [6.45, 7) is 1.70. The first-order chi connectivity index (χ1) is 7.81. The first kappa shape index (κ1) is 13.3. The van der Waals surface area contributed by atoms with E-state index >= 15 is 0 Å². The first-order valence-electron chi connectivity index (χ1n) is 5.29. The number of rotatable bonds is 5. The van der Waals surface area contributed by atoms with Crippen LogP contribution in [0.4, 0.5) is 0 Å². The van der Waals surface area contributed by atoms with Gasteiger partial charge in [0, 0.05) is 6.54 Å². The maximum Gasteiger partial charge on any atom is 0.250 e. The van der Waals surface area contributed by atoms with Gasteiger partial charge >= 0.3 is 0 Å². The molecule has 0 saturated heterocycles. The summed E-state index contributed by atoms with van der Waals surface area (Å²) in [5.41, 5.74) is -0.964. The molecule has 2 N–H and O–H groups in total. The van der Waals surface area contributed by atoms with Crippen molar-refractivity contribution < 1.29 is 13.5 Å². The smallest absolute Gasteiger partial charge is 0.250 e. The Morgan fingerprint density at radius 1 is 1.59 bits per heavy atom. The molecule has 1 atom stereocenters. The van der Waals surface area contributed by atoms with E-state index in [1.165, 1.54) is 6.07 Å². The molecule has 0 spiro atoms. The molecule has 0 aliphatic heterocycles. The molecule has 1 aliphatic rings. The van der Waals surface area contributed by atoms with E-state index in [2.05, 4.69) is 4.72 Å². The summed E-state index contributed by atoms with van der Waals surface area (Å²) in [6, 6.07) is 3.00. The molecule has 0 radical (unpaired) electrons. The highest BCUT2D eigenvalue weighted by molar-refractivity contribution is 7.91. The normalized spacial score (nSPS) is 20.2. The van der Waals surface area contributed by atoms with E-state index in [-0.39, 0.29) is 16.7 Å². The van der Waals surface area contributed by atoms with Crippen molar-refractivity contribution in [3.63, 3.8) is 0 Å². The van der Waals surface area contributed by atoms with Gasteiger partial charge in [-0.15, -0.1) is 11.3 Å². The van der Waals surface area contributed by atoms with Gasteiger partial charge in [-0.3, -0.25) is 0 Å². The number of hydrogen-bond donors (Lipinski definition) is 2. The second kappa shape index (κ2) is 4.51. The summed E-state index contributed by atoms with van der Waals surface area (Å²) in [4.78, 5) is 0. The van der Waals surface area contributed by atoms with E-state index < -0.39 is 15.6 Å². The lowest BCUT2D eigenvalue weighted by atomic mass is 10.0. The summed E-state index contributed by atoms with van der Waals surface area (Å²) in [6.07, 6.45) is 1.92. The summed E-state index contributed by atoms with van der Waals surface area (Å²) >= 11 is 6.70. The molecule has 1 aliphatic carbocycles. The minimum absolute atomic E-state index is 0.0372. The van der Waals surface area contributed by atoms with Gasteiger partial charge < -0.3 is 5.11 Å². The third-order valence-electron chi connectivity index (χ3n) is 2.89. The van der Waals surface area contributed by atoms with E-state index in [1.54, 1.807) is 13.0 Å². The van der Waals surface area contributed by atoms with Crippen LogP contribution in [0.3, 0.4) is 0 Å². The van der Waals surface area contributed by atoms with Crippen molar-refractivity contribution in [3.8, 4) is 0 Å². The zero-order valence-corrected chi connectivity index (χ0v) is 11.7. The lowest BCUT2D eigenvalue weighted by Crippen LogP contribution is -2.42. The molecule has 1 saturated carbocycles. The zero-order chi connectivity index (χ0) is 12.7. The standard InChI is InChI=1S/C10H14ClNO3S2/c1-10(13,7-2-3-7)6-12-17(14,15)9-5-4-8(11)16-9/h4-5,7,12-13H,2-3,6H2,1H3/t10-/m0/s1. The Morgan fingerprint density at radius 2 is 2.24 bits per heavy atom. The van der Waals surface area contributed by atoms with Crippen LogP contribution in [0, 0.1) is 5.92 Å². The van der Waals surface area contributed by atoms with E-state index in [0.717, 1.165) is 24.2 Å². The fourth-order valence-electron chi connectivity index (χ4n) is 1.60. The Balaban J connectivity index is 2.03. The van der Waals surface area contributed by atoms with E-state index in [4.69, 9.17) is 11.6 Å². The molecule has 0 bridgehead atoms. The summed E-state index contributed by atoms with van der Waals surface area (Å²) < 4.78 is 26.8. The fourth-order valence-corrected chi connectivity index (χ4v) is 4.27. The van der Waals surface area contributed by atoms with Crippen molar-refractivity contribution in [1.29, 1.82) is 0 Å². The largest absolute Gasteiger partial charge is 0.389 e. The van der Waals surface area contributed by atoms with Crippen LogP contribution in [0.1, 0.15) is 19.8 Å². The molecule has 4 nitrogen and oxygen atoms in total. The molecular weight excluding hydrogens is 282 g/mol. The van der Waals surface area contributed by atoms with Crippen LogP contribution in [-0.2, 0) is 10.0 Å². The van der Waals surface area contributed by atoms with Gasteiger partial charge in [-0.1, -0.05) is 11.6 Å². The molecule has 1 aromatic heterocycles. The molecule has 2 rings (SSSR count). The van der Waals surface area contributed by atoms with Crippen molar-refractivity contribution in [2.75, 3.05) is 6.54 Å². The molecular formula is C10H14ClNO3S2. The second-order valence-corrected chi connectivity index (χ2v) is 8.22. The van der Waals surface area contributed by atoms with Gasteiger partial charge in [0.15, 0.2) is 0 Å². The zero-order valence-electron chi connectivity index (χ0n) is 9.31. The summed E-state index contributed by atoms with van der Waals surface area (Å²) in [5, 5.41) is 10.0. The van der Waals surface area contributed by atoms with Crippen molar-refractivity contribution in [2.24, 2.45) is 5.92 Å². The maximum absolute atomic E-state index is 11.9. The molecule has 1 heterocycles. The molecule has 96 valence electrons. The highest BCUT2D eigenvalue weighted by atomic mass is 35.5. The number of nitrogens with one attached hydrogen (secondary N) is 1. The number of thiophene rings is 1. The Hall–Kier alpha value is -0.140.